The first-order valence-corrected chi connectivity index (χ1v) is 4.63. The summed E-state index contributed by atoms with van der Waals surface area (Å²) >= 11 is 0. The second-order valence-electron chi connectivity index (χ2n) is 4.18. The maximum absolute atomic E-state index is 12.6. The number of halogens is 1. The van der Waals surface area contributed by atoms with Crippen LogP contribution in [0.1, 0.15) is 31.4 Å². The van der Waals surface area contributed by atoms with Gasteiger partial charge in [-0.3, -0.25) is 0 Å². The topological polar surface area (TPSA) is 26.0 Å². The van der Waals surface area contributed by atoms with Crippen LogP contribution in [0.25, 0.3) is 0 Å². The highest BCUT2D eigenvalue weighted by Gasteiger charge is 2.43. The van der Waals surface area contributed by atoms with Crippen molar-refractivity contribution in [3.8, 4) is 0 Å². The van der Waals surface area contributed by atoms with E-state index in [4.69, 9.17) is 5.73 Å². The van der Waals surface area contributed by atoms with Gasteiger partial charge >= 0.3 is 0 Å². The molecule has 70 valence electrons. The number of nitrogens with two attached hydrogens (primary N) is 1. The van der Waals surface area contributed by atoms with Gasteiger partial charge in [-0.05, 0) is 36.0 Å². The summed E-state index contributed by atoms with van der Waals surface area (Å²) in [4.78, 5) is 0. The Bertz CT molecular complexity index is 300. The first-order valence-electron chi connectivity index (χ1n) is 4.63. The van der Waals surface area contributed by atoms with Gasteiger partial charge in [-0.25, -0.2) is 4.39 Å². The molecule has 0 heterocycles. The minimum Gasteiger partial charge on any atom is -0.323 e. The lowest BCUT2D eigenvalue weighted by atomic mass is 9.93. The number of benzene rings is 1. The van der Waals surface area contributed by atoms with Crippen molar-refractivity contribution in [1.82, 2.24) is 0 Å². The highest BCUT2D eigenvalue weighted by atomic mass is 19.1. The van der Waals surface area contributed by atoms with E-state index >= 15 is 0 Å². The summed E-state index contributed by atoms with van der Waals surface area (Å²) in [5, 5.41) is 0. The van der Waals surface area contributed by atoms with Crippen LogP contribution >= 0.6 is 0 Å². The zero-order chi connectivity index (χ0) is 9.47. The quantitative estimate of drug-likeness (QED) is 0.742. The summed E-state index contributed by atoms with van der Waals surface area (Å²) in [7, 11) is 0. The molecule has 1 fully saturated rings. The van der Waals surface area contributed by atoms with Crippen LogP contribution in [-0.4, -0.2) is 0 Å². The molecule has 1 aliphatic carbocycles. The van der Waals surface area contributed by atoms with Crippen LogP contribution in [0.4, 0.5) is 4.39 Å². The molecular formula is C11H14FN. The van der Waals surface area contributed by atoms with E-state index < -0.39 is 0 Å². The van der Waals surface area contributed by atoms with Crippen LogP contribution in [0, 0.1) is 11.2 Å². The second-order valence-corrected chi connectivity index (χ2v) is 4.18. The van der Waals surface area contributed by atoms with Crippen LogP contribution in [0.15, 0.2) is 24.3 Å². The molecule has 1 aliphatic rings. The average Bonchev–Trinajstić information content (AvgIpc) is 2.85. The number of hydrogen-bond acceptors (Lipinski definition) is 1. The maximum Gasteiger partial charge on any atom is 0.123 e. The van der Waals surface area contributed by atoms with Crippen molar-refractivity contribution in [2.24, 2.45) is 11.1 Å². The zero-order valence-corrected chi connectivity index (χ0v) is 7.76. The van der Waals surface area contributed by atoms with E-state index in [0.29, 0.717) is 0 Å². The summed E-state index contributed by atoms with van der Waals surface area (Å²) in [6, 6.07) is 6.57. The zero-order valence-electron chi connectivity index (χ0n) is 7.76. The van der Waals surface area contributed by atoms with Gasteiger partial charge in [0.2, 0.25) is 0 Å². The van der Waals surface area contributed by atoms with Crippen LogP contribution < -0.4 is 5.73 Å². The Morgan fingerprint density at radius 3 is 2.31 bits per heavy atom. The molecule has 1 aromatic carbocycles. The van der Waals surface area contributed by atoms with Crippen molar-refractivity contribution in [2.75, 3.05) is 0 Å². The predicted octanol–water partition coefficient (Wildman–Crippen LogP) is 2.63. The summed E-state index contributed by atoms with van der Waals surface area (Å²) in [5.41, 5.74) is 7.37. The van der Waals surface area contributed by atoms with Crippen molar-refractivity contribution in [2.45, 2.75) is 25.8 Å². The highest BCUT2D eigenvalue weighted by molar-refractivity contribution is 5.23. The first-order chi connectivity index (χ1) is 6.12. The van der Waals surface area contributed by atoms with E-state index in [0.717, 1.165) is 5.56 Å². The average molecular weight is 179 g/mol. The van der Waals surface area contributed by atoms with Gasteiger partial charge in [0.25, 0.3) is 0 Å². The Balaban J connectivity index is 2.20. The molecule has 1 saturated carbocycles. The van der Waals surface area contributed by atoms with Gasteiger partial charge in [-0.2, -0.15) is 0 Å². The molecule has 1 unspecified atom stereocenters. The van der Waals surface area contributed by atoms with Gasteiger partial charge in [0.05, 0.1) is 0 Å². The van der Waals surface area contributed by atoms with E-state index in [2.05, 4.69) is 6.92 Å². The smallest absolute Gasteiger partial charge is 0.123 e. The van der Waals surface area contributed by atoms with Gasteiger partial charge in [0, 0.05) is 6.04 Å². The molecule has 1 atom stereocenters. The standard InChI is InChI=1S/C11H14FN/c1-11(6-7-11)10(13)8-2-4-9(12)5-3-8/h2-5,10H,6-7,13H2,1H3. The molecule has 13 heavy (non-hydrogen) atoms. The second kappa shape index (κ2) is 2.81. The maximum atomic E-state index is 12.6. The van der Waals surface area contributed by atoms with Crippen molar-refractivity contribution < 1.29 is 4.39 Å². The Hall–Kier alpha value is -0.890. The summed E-state index contributed by atoms with van der Waals surface area (Å²) in [6.07, 6.45) is 2.37. The molecule has 0 saturated heterocycles. The lowest BCUT2D eigenvalue weighted by Gasteiger charge is -2.18. The fourth-order valence-corrected chi connectivity index (χ4v) is 1.58. The third-order valence-electron chi connectivity index (χ3n) is 3.02. The molecule has 0 amide bonds. The molecule has 2 N–H and O–H groups in total. The molecule has 0 spiro atoms. The minimum absolute atomic E-state index is 0.0631. The molecule has 0 aliphatic heterocycles. The lowest BCUT2D eigenvalue weighted by molar-refractivity contribution is 0.450. The SMILES string of the molecule is CC1(C(N)c2ccc(F)cc2)CC1. The van der Waals surface area contributed by atoms with E-state index in [1.54, 1.807) is 12.1 Å². The van der Waals surface area contributed by atoms with Crippen molar-refractivity contribution in [3.63, 3.8) is 0 Å². The Morgan fingerprint density at radius 1 is 1.31 bits per heavy atom. The van der Waals surface area contributed by atoms with Crippen molar-refractivity contribution in [3.05, 3.63) is 35.6 Å². The molecule has 0 bridgehead atoms. The summed E-state index contributed by atoms with van der Waals surface area (Å²) in [5.74, 6) is -0.197. The van der Waals surface area contributed by atoms with E-state index in [-0.39, 0.29) is 17.3 Å². The molecule has 2 rings (SSSR count). The summed E-state index contributed by atoms with van der Waals surface area (Å²) in [6.45, 7) is 2.18. The van der Waals surface area contributed by atoms with Gasteiger partial charge in [-0.15, -0.1) is 0 Å². The molecular weight excluding hydrogens is 165 g/mol. The molecule has 1 nitrogen and oxygen atoms in total. The van der Waals surface area contributed by atoms with Crippen LogP contribution in [-0.2, 0) is 0 Å². The van der Waals surface area contributed by atoms with Gasteiger partial charge in [0.1, 0.15) is 5.82 Å². The van der Waals surface area contributed by atoms with E-state index in [1.165, 1.54) is 25.0 Å². The Labute approximate surface area is 77.8 Å². The molecule has 0 radical (unpaired) electrons. The summed E-state index contributed by atoms with van der Waals surface area (Å²) < 4.78 is 12.6. The van der Waals surface area contributed by atoms with Crippen LogP contribution in [0.3, 0.4) is 0 Å². The Kier molecular flexibility index (Phi) is 1.88. The molecule has 2 heteroatoms. The van der Waals surface area contributed by atoms with E-state index in [1.807, 2.05) is 0 Å². The van der Waals surface area contributed by atoms with Crippen LogP contribution in [0.2, 0.25) is 0 Å². The highest BCUT2D eigenvalue weighted by Crippen LogP contribution is 2.53. The van der Waals surface area contributed by atoms with E-state index in [9.17, 15) is 4.39 Å². The predicted molar refractivity (Wildman–Crippen MR) is 50.7 cm³/mol. The number of rotatable bonds is 2. The van der Waals surface area contributed by atoms with Crippen LogP contribution in [0.5, 0.6) is 0 Å². The lowest BCUT2D eigenvalue weighted by Crippen LogP contribution is -2.19. The molecule has 0 aromatic heterocycles. The normalized spacial score (nSPS) is 21.2. The number of hydrogen-bond donors (Lipinski definition) is 1. The van der Waals surface area contributed by atoms with Gasteiger partial charge in [0.15, 0.2) is 0 Å². The van der Waals surface area contributed by atoms with Crippen molar-refractivity contribution >= 4 is 0 Å². The van der Waals surface area contributed by atoms with Gasteiger partial charge < -0.3 is 5.73 Å². The monoisotopic (exact) mass is 179 g/mol. The fourth-order valence-electron chi connectivity index (χ4n) is 1.58. The minimum atomic E-state index is -0.197. The Morgan fingerprint density at radius 2 is 1.85 bits per heavy atom. The third-order valence-corrected chi connectivity index (χ3v) is 3.02. The fraction of sp³-hybridized carbons (Fsp3) is 0.455. The third kappa shape index (κ3) is 1.59. The van der Waals surface area contributed by atoms with Gasteiger partial charge in [-0.1, -0.05) is 19.1 Å². The molecule has 1 aromatic rings. The largest absolute Gasteiger partial charge is 0.323 e. The van der Waals surface area contributed by atoms with Crippen molar-refractivity contribution in [1.29, 1.82) is 0 Å². The first kappa shape index (κ1) is 8.70.